The normalized spacial score (nSPS) is 10.9. The van der Waals surface area contributed by atoms with Crippen molar-refractivity contribution in [3.63, 3.8) is 0 Å². The fourth-order valence-corrected chi connectivity index (χ4v) is 2.47. The summed E-state index contributed by atoms with van der Waals surface area (Å²) in [5.74, 6) is -2.92. The molecule has 0 radical (unpaired) electrons. The molecule has 3 N–H and O–H groups in total. The number of carbonyl (C=O) groups excluding carboxylic acids is 1. The Kier molecular flexibility index (Phi) is 5.53. The Morgan fingerprint density at radius 2 is 2.00 bits per heavy atom. The summed E-state index contributed by atoms with van der Waals surface area (Å²) in [6, 6.07) is 3.19. The monoisotopic (exact) mass is 317 g/mol. The third-order valence-corrected chi connectivity index (χ3v) is 3.66. The lowest BCUT2D eigenvalue weighted by atomic mass is 10.2. The predicted octanol–water partition coefficient (Wildman–Crippen LogP) is 0.785. The van der Waals surface area contributed by atoms with Crippen molar-refractivity contribution in [3.8, 4) is 5.75 Å². The number of esters is 1. The average molecular weight is 317 g/mol. The number of carbonyl (C=O) groups is 2. The summed E-state index contributed by atoms with van der Waals surface area (Å²) in [4.78, 5) is 21.8. The average Bonchev–Trinajstić information content (AvgIpc) is 2.39. The molecule has 1 aromatic carbocycles. The quantitative estimate of drug-likeness (QED) is 0.500. The van der Waals surface area contributed by atoms with E-state index in [9.17, 15) is 23.1 Å². The second kappa shape index (κ2) is 6.93. The minimum Gasteiger partial charge on any atom is -0.506 e. The molecule has 0 aliphatic carbocycles. The maximum atomic E-state index is 11.7. The van der Waals surface area contributed by atoms with Crippen LogP contribution in [0, 0.1) is 0 Å². The zero-order valence-electron chi connectivity index (χ0n) is 11.2. The predicted molar refractivity (Wildman–Crippen MR) is 73.7 cm³/mol. The van der Waals surface area contributed by atoms with Crippen LogP contribution >= 0.6 is 0 Å². The van der Waals surface area contributed by atoms with Crippen LogP contribution in [-0.4, -0.2) is 42.9 Å². The summed E-state index contributed by atoms with van der Waals surface area (Å²) in [5, 5.41) is 18.3. The summed E-state index contributed by atoms with van der Waals surface area (Å²) in [6.45, 7) is 1.76. The molecule has 1 rings (SSSR count). The fraction of sp³-hybridized carbons (Fsp3) is 0.333. The number of sulfonamides is 1. The van der Waals surface area contributed by atoms with Crippen LogP contribution in [0.2, 0.25) is 0 Å². The number of aromatic carboxylic acids is 1. The highest BCUT2D eigenvalue weighted by Gasteiger charge is 2.16. The number of phenolic OH excluding ortho intramolecular Hbond substituents is 1. The first-order valence-electron chi connectivity index (χ1n) is 5.97. The van der Waals surface area contributed by atoms with Gasteiger partial charge in [0, 0.05) is 0 Å². The fourth-order valence-electron chi connectivity index (χ4n) is 1.42. The molecule has 0 heterocycles. The van der Waals surface area contributed by atoms with Gasteiger partial charge in [0.15, 0.2) is 0 Å². The molecule has 0 unspecified atom stereocenters. The van der Waals surface area contributed by atoms with Crippen molar-refractivity contribution in [2.45, 2.75) is 13.3 Å². The Bertz CT molecular complexity index is 639. The van der Waals surface area contributed by atoms with Gasteiger partial charge in [-0.1, -0.05) is 0 Å². The van der Waals surface area contributed by atoms with E-state index in [0.29, 0.717) is 0 Å². The number of phenols is 1. The molecule has 0 bridgehead atoms. The molecule has 116 valence electrons. The summed E-state index contributed by atoms with van der Waals surface area (Å²) < 4.78 is 30.1. The van der Waals surface area contributed by atoms with Crippen LogP contribution < -0.4 is 4.72 Å². The van der Waals surface area contributed by atoms with Crippen molar-refractivity contribution >= 4 is 27.6 Å². The van der Waals surface area contributed by atoms with Gasteiger partial charge in [-0.05, 0) is 25.1 Å². The molecule has 0 aliphatic rings. The molecule has 1 aromatic rings. The lowest BCUT2D eigenvalue weighted by Gasteiger charge is -2.09. The van der Waals surface area contributed by atoms with Crippen LogP contribution in [0.5, 0.6) is 5.75 Å². The van der Waals surface area contributed by atoms with E-state index in [0.717, 1.165) is 18.2 Å². The van der Waals surface area contributed by atoms with Crippen LogP contribution in [0.4, 0.5) is 5.69 Å². The van der Waals surface area contributed by atoms with E-state index in [1.165, 1.54) is 0 Å². The highest BCUT2D eigenvalue weighted by atomic mass is 32.2. The molecule has 0 atom stereocenters. The number of carboxylic acid groups (broad SMARTS) is 1. The van der Waals surface area contributed by atoms with Gasteiger partial charge < -0.3 is 14.9 Å². The second-order valence-corrected chi connectivity index (χ2v) is 5.85. The molecule has 0 saturated heterocycles. The van der Waals surface area contributed by atoms with Gasteiger partial charge in [-0.2, -0.15) is 0 Å². The van der Waals surface area contributed by atoms with Crippen molar-refractivity contribution < 1.29 is 33.0 Å². The van der Waals surface area contributed by atoms with Gasteiger partial charge in [0.2, 0.25) is 10.0 Å². The summed E-state index contributed by atoms with van der Waals surface area (Å²) in [6.07, 6.45) is -0.322. The second-order valence-electron chi connectivity index (χ2n) is 4.01. The number of nitrogens with one attached hydrogen (secondary N) is 1. The van der Waals surface area contributed by atoms with Gasteiger partial charge in [0.1, 0.15) is 5.75 Å². The smallest absolute Gasteiger partial charge is 0.335 e. The van der Waals surface area contributed by atoms with Crippen LogP contribution in [0.15, 0.2) is 18.2 Å². The number of anilines is 1. The van der Waals surface area contributed by atoms with E-state index in [1.807, 2.05) is 0 Å². The standard InChI is InChI=1S/C12H15NO7S/c1-2-20-11(15)5-6-21(18,19)13-9-4-3-8(12(16)17)7-10(9)14/h3-4,7,13-14H,2,5-6H2,1H3,(H,16,17). The summed E-state index contributed by atoms with van der Waals surface area (Å²) in [5.41, 5.74) is -0.342. The highest BCUT2D eigenvalue weighted by Crippen LogP contribution is 2.25. The number of ether oxygens (including phenoxy) is 1. The van der Waals surface area contributed by atoms with E-state index < -0.39 is 33.5 Å². The van der Waals surface area contributed by atoms with Crippen molar-refractivity contribution in [1.29, 1.82) is 0 Å². The number of carboxylic acids is 1. The first kappa shape index (κ1) is 16.8. The number of hydrogen-bond donors (Lipinski definition) is 3. The highest BCUT2D eigenvalue weighted by molar-refractivity contribution is 7.92. The van der Waals surface area contributed by atoms with Gasteiger partial charge in [0.05, 0.1) is 30.0 Å². The van der Waals surface area contributed by atoms with Gasteiger partial charge in [-0.25, -0.2) is 13.2 Å². The van der Waals surface area contributed by atoms with E-state index in [-0.39, 0.29) is 24.3 Å². The third kappa shape index (κ3) is 5.30. The van der Waals surface area contributed by atoms with Crippen LogP contribution in [-0.2, 0) is 19.6 Å². The van der Waals surface area contributed by atoms with Crippen molar-refractivity contribution in [3.05, 3.63) is 23.8 Å². The van der Waals surface area contributed by atoms with E-state index in [4.69, 9.17) is 5.11 Å². The summed E-state index contributed by atoms with van der Waals surface area (Å²) in [7, 11) is -3.86. The van der Waals surface area contributed by atoms with Crippen LogP contribution in [0.25, 0.3) is 0 Å². The lowest BCUT2D eigenvalue weighted by molar-refractivity contribution is -0.142. The Hall–Kier alpha value is -2.29. The van der Waals surface area contributed by atoms with Crippen LogP contribution in [0.1, 0.15) is 23.7 Å². The van der Waals surface area contributed by atoms with E-state index in [2.05, 4.69) is 9.46 Å². The molecule has 0 fully saturated rings. The Labute approximate surface area is 121 Å². The first-order chi connectivity index (χ1) is 9.75. The SMILES string of the molecule is CCOC(=O)CCS(=O)(=O)Nc1ccc(C(=O)O)cc1O. The molecule has 0 amide bonds. The summed E-state index contributed by atoms with van der Waals surface area (Å²) >= 11 is 0. The lowest BCUT2D eigenvalue weighted by Crippen LogP contribution is -2.20. The van der Waals surface area contributed by atoms with Crippen molar-refractivity contribution in [2.24, 2.45) is 0 Å². The topological polar surface area (TPSA) is 130 Å². The van der Waals surface area contributed by atoms with Gasteiger partial charge in [-0.3, -0.25) is 9.52 Å². The zero-order chi connectivity index (χ0) is 16.0. The van der Waals surface area contributed by atoms with Gasteiger partial charge in [0.25, 0.3) is 0 Å². The first-order valence-corrected chi connectivity index (χ1v) is 7.63. The molecule has 0 saturated carbocycles. The molecule has 0 aliphatic heterocycles. The Balaban J connectivity index is 2.75. The zero-order valence-corrected chi connectivity index (χ0v) is 12.0. The molecular formula is C12H15NO7S. The largest absolute Gasteiger partial charge is 0.506 e. The number of aromatic hydroxyl groups is 1. The maximum Gasteiger partial charge on any atom is 0.335 e. The van der Waals surface area contributed by atoms with Crippen molar-refractivity contribution in [2.75, 3.05) is 17.1 Å². The van der Waals surface area contributed by atoms with E-state index in [1.54, 1.807) is 6.92 Å². The minimum absolute atomic E-state index is 0.156. The van der Waals surface area contributed by atoms with E-state index >= 15 is 0 Å². The minimum atomic E-state index is -3.86. The molecule has 21 heavy (non-hydrogen) atoms. The number of hydrogen-bond acceptors (Lipinski definition) is 6. The third-order valence-electron chi connectivity index (χ3n) is 2.39. The van der Waals surface area contributed by atoms with Gasteiger partial charge in [-0.15, -0.1) is 0 Å². The molecular weight excluding hydrogens is 302 g/mol. The molecule has 8 nitrogen and oxygen atoms in total. The number of benzene rings is 1. The van der Waals surface area contributed by atoms with Gasteiger partial charge >= 0.3 is 11.9 Å². The Morgan fingerprint density at radius 1 is 1.33 bits per heavy atom. The molecule has 0 spiro atoms. The number of rotatable bonds is 7. The van der Waals surface area contributed by atoms with Crippen LogP contribution in [0.3, 0.4) is 0 Å². The van der Waals surface area contributed by atoms with Crippen molar-refractivity contribution in [1.82, 2.24) is 0 Å². The molecule has 0 aromatic heterocycles. The molecule has 9 heteroatoms. The maximum absolute atomic E-state index is 11.7. The Morgan fingerprint density at radius 3 is 2.52 bits per heavy atom.